The van der Waals surface area contributed by atoms with Crippen LogP contribution in [0.15, 0.2) is 67.0 Å². The van der Waals surface area contributed by atoms with Gasteiger partial charge >= 0.3 is 6.61 Å². The maximum Gasteiger partial charge on any atom is 0.387 e. The van der Waals surface area contributed by atoms with Crippen LogP contribution in [0.3, 0.4) is 0 Å². The molecule has 1 aliphatic heterocycles. The van der Waals surface area contributed by atoms with E-state index in [0.717, 1.165) is 11.3 Å². The van der Waals surface area contributed by atoms with E-state index in [2.05, 4.69) is 20.1 Å². The summed E-state index contributed by atoms with van der Waals surface area (Å²) >= 11 is 0. The molecule has 0 bridgehead atoms. The van der Waals surface area contributed by atoms with E-state index >= 15 is 0 Å². The van der Waals surface area contributed by atoms with Gasteiger partial charge in [0.25, 0.3) is 0 Å². The fraction of sp³-hybridized carbons (Fsp3) is 0.111. The van der Waals surface area contributed by atoms with Crippen LogP contribution in [0.1, 0.15) is 17.2 Å². The van der Waals surface area contributed by atoms with Crippen LogP contribution in [0, 0.1) is 0 Å². The van der Waals surface area contributed by atoms with Crippen molar-refractivity contribution in [2.24, 2.45) is 0 Å². The molecule has 0 spiro atoms. The van der Waals surface area contributed by atoms with Crippen molar-refractivity contribution in [3.05, 3.63) is 78.1 Å². The molecule has 3 aromatic rings. The van der Waals surface area contributed by atoms with Crippen LogP contribution in [0.5, 0.6) is 5.75 Å². The Labute approximate surface area is 142 Å². The molecule has 2 aromatic carbocycles. The molecule has 7 heteroatoms. The van der Waals surface area contributed by atoms with Gasteiger partial charge in [-0.1, -0.05) is 48.5 Å². The Bertz CT molecular complexity index is 908. The first-order valence-corrected chi connectivity index (χ1v) is 7.70. The number of benzene rings is 2. The molecule has 0 radical (unpaired) electrons. The van der Waals surface area contributed by atoms with Gasteiger partial charge in [-0.15, -0.1) is 0 Å². The van der Waals surface area contributed by atoms with Gasteiger partial charge in [0.2, 0.25) is 5.95 Å². The summed E-state index contributed by atoms with van der Waals surface area (Å²) in [4.78, 5) is 4.21. The van der Waals surface area contributed by atoms with Crippen LogP contribution in [-0.4, -0.2) is 21.4 Å². The molecule has 0 saturated heterocycles. The van der Waals surface area contributed by atoms with E-state index < -0.39 is 12.7 Å². The van der Waals surface area contributed by atoms with Crippen molar-refractivity contribution in [1.29, 1.82) is 0 Å². The Morgan fingerprint density at radius 1 is 1.04 bits per heavy atom. The van der Waals surface area contributed by atoms with Crippen LogP contribution in [0.4, 0.5) is 14.7 Å². The number of hydrogen-bond donors (Lipinski definition) is 1. The van der Waals surface area contributed by atoms with Gasteiger partial charge in [-0.25, -0.2) is 4.68 Å². The third-order valence-corrected chi connectivity index (χ3v) is 3.95. The molecule has 0 fully saturated rings. The maximum atomic E-state index is 12.8. The lowest BCUT2D eigenvalue weighted by Gasteiger charge is -2.25. The molecule has 1 aliphatic rings. The molecule has 4 rings (SSSR count). The number of ether oxygens (including phenoxy) is 1. The molecule has 25 heavy (non-hydrogen) atoms. The molecule has 1 N–H and O–H groups in total. The Morgan fingerprint density at radius 2 is 1.80 bits per heavy atom. The zero-order valence-electron chi connectivity index (χ0n) is 13.0. The lowest BCUT2D eigenvalue weighted by Crippen LogP contribution is -2.21. The number of nitrogens with one attached hydrogen (secondary N) is 1. The van der Waals surface area contributed by atoms with Crippen molar-refractivity contribution in [1.82, 2.24) is 14.8 Å². The van der Waals surface area contributed by atoms with Gasteiger partial charge in [0, 0.05) is 11.3 Å². The van der Waals surface area contributed by atoms with E-state index in [9.17, 15) is 8.78 Å². The van der Waals surface area contributed by atoms with E-state index in [4.69, 9.17) is 0 Å². The van der Waals surface area contributed by atoms with Crippen molar-refractivity contribution >= 4 is 11.6 Å². The highest BCUT2D eigenvalue weighted by molar-refractivity contribution is 5.77. The quantitative estimate of drug-likeness (QED) is 0.782. The summed E-state index contributed by atoms with van der Waals surface area (Å²) in [6.45, 7) is -2.89. The van der Waals surface area contributed by atoms with Crippen molar-refractivity contribution < 1.29 is 13.5 Å². The van der Waals surface area contributed by atoms with Crippen LogP contribution in [-0.2, 0) is 0 Å². The predicted octanol–water partition coefficient (Wildman–Crippen LogP) is 3.94. The number of alkyl halides is 2. The number of para-hydroxylation sites is 1. The minimum absolute atomic E-state index is 0.120. The average molecular weight is 340 g/mol. The van der Waals surface area contributed by atoms with Gasteiger partial charge in [0.15, 0.2) is 0 Å². The molecule has 5 nitrogen and oxygen atoms in total. The van der Waals surface area contributed by atoms with Gasteiger partial charge in [-0.05, 0) is 17.7 Å². The maximum absolute atomic E-state index is 12.8. The largest absolute Gasteiger partial charge is 0.434 e. The standard InChI is InChI=1S/C18H14F2N4O/c19-17(20)25-16-9-5-4-8-13(16)15-10-14(12-6-2-1-3-7-12)23-18-21-11-22-24(15)18/h1-11,15,17H,(H,21,22,23)/t15-/m0/s1. The molecule has 0 unspecified atom stereocenters. The summed E-state index contributed by atoms with van der Waals surface area (Å²) in [7, 11) is 0. The smallest absolute Gasteiger partial charge is 0.387 e. The third-order valence-electron chi connectivity index (χ3n) is 3.95. The Hall–Kier alpha value is -3.22. The molecule has 1 atom stereocenters. The zero-order valence-corrected chi connectivity index (χ0v) is 13.0. The molecule has 126 valence electrons. The Kier molecular flexibility index (Phi) is 3.89. The van der Waals surface area contributed by atoms with Crippen LogP contribution in [0.25, 0.3) is 5.70 Å². The van der Waals surface area contributed by atoms with Crippen molar-refractivity contribution in [3.8, 4) is 5.75 Å². The SMILES string of the molecule is FC(F)Oc1ccccc1[C@@H]1C=C(c2ccccc2)Nc2ncnn21. The summed E-state index contributed by atoms with van der Waals surface area (Å²) in [6.07, 6.45) is 3.35. The molecule has 0 aliphatic carbocycles. The second kappa shape index (κ2) is 6.35. The van der Waals surface area contributed by atoms with Gasteiger partial charge in [0.05, 0.1) is 0 Å². The zero-order chi connectivity index (χ0) is 17.2. The second-order valence-electron chi connectivity index (χ2n) is 5.46. The Balaban J connectivity index is 1.82. The van der Waals surface area contributed by atoms with Crippen molar-refractivity contribution in [3.63, 3.8) is 0 Å². The van der Waals surface area contributed by atoms with Crippen LogP contribution in [0.2, 0.25) is 0 Å². The molecule has 2 heterocycles. The van der Waals surface area contributed by atoms with E-state index in [0.29, 0.717) is 11.5 Å². The van der Waals surface area contributed by atoms with Crippen molar-refractivity contribution in [2.75, 3.05) is 5.32 Å². The van der Waals surface area contributed by atoms with Crippen LogP contribution >= 0.6 is 0 Å². The summed E-state index contributed by atoms with van der Waals surface area (Å²) in [5.74, 6) is 0.660. The number of aromatic nitrogens is 3. The average Bonchev–Trinajstić information content (AvgIpc) is 3.10. The molecule has 1 aromatic heterocycles. The molecular formula is C18H14F2N4O. The number of fused-ring (bicyclic) bond motifs is 1. The van der Waals surface area contributed by atoms with Gasteiger partial charge in [-0.2, -0.15) is 18.9 Å². The minimum Gasteiger partial charge on any atom is -0.434 e. The highest BCUT2D eigenvalue weighted by atomic mass is 19.3. The van der Waals surface area contributed by atoms with Crippen LogP contribution < -0.4 is 10.1 Å². The predicted molar refractivity (Wildman–Crippen MR) is 89.3 cm³/mol. The van der Waals surface area contributed by atoms with E-state index in [1.165, 1.54) is 12.4 Å². The third kappa shape index (κ3) is 2.96. The Morgan fingerprint density at radius 3 is 2.60 bits per heavy atom. The minimum atomic E-state index is -2.89. The first kappa shape index (κ1) is 15.3. The second-order valence-corrected chi connectivity index (χ2v) is 5.46. The summed E-state index contributed by atoms with van der Waals surface area (Å²) in [5, 5.41) is 7.43. The van der Waals surface area contributed by atoms with Crippen molar-refractivity contribution in [2.45, 2.75) is 12.7 Å². The van der Waals surface area contributed by atoms with Gasteiger partial charge in [-0.3, -0.25) is 0 Å². The molecular weight excluding hydrogens is 326 g/mol. The van der Waals surface area contributed by atoms with E-state index in [1.54, 1.807) is 22.9 Å². The fourth-order valence-electron chi connectivity index (χ4n) is 2.87. The highest BCUT2D eigenvalue weighted by Crippen LogP contribution is 2.36. The lowest BCUT2D eigenvalue weighted by atomic mass is 10.0. The number of halogens is 2. The van der Waals surface area contributed by atoms with Gasteiger partial charge < -0.3 is 10.1 Å². The topological polar surface area (TPSA) is 52.0 Å². The molecule has 0 amide bonds. The highest BCUT2D eigenvalue weighted by Gasteiger charge is 2.26. The van der Waals surface area contributed by atoms with E-state index in [1.807, 2.05) is 36.4 Å². The summed E-state index contributed by atoms with van der Waals surface area (Å²) < 4.78 is 31.8. The normalized spacial score (nSPS) is 16.1. The number of allylic oxidation sites excluding steroid dienone is 1. The number of rotatable bonds is 4. The van der Waals surface area contributed by atoms with Gasteiger partial charge in [0.1, 0.15) is 18.1 Å². The fourth-order valence-corrected chi connectivity index (χ4v) is 2.87. The first-order chi connectivity index (χ1) is 12.2. The first-order valence-electron chi connectivity index (χ1n) is 7.70. The number of nitrogens with zero attached hydrogens (tertiary/aromatic N) is 3. The summed E-state index contributed by atoms with van der Waals surface area (Å²) in [5.41, 5.74) is 2.39. The number of hydrogen-bond acceptors (Lipinski definition) is 4. The monoisotopic (exact) mass is 340 g/mol. The summed E-state index contributed by atoms with van der Waals surface area (Å²) in [6, 6.07) is 16.0. The number of anilines is 1. The lowest BCUT2D eigenvalue weighted by molar-refractivity contribution is -0.0506. The van der Waals surface area contributed by atoms with E-state index in [-0.39, 0.29) is 5.75 Å². The molecule has 0 saturated carbocycles.